The Bertz CT molecular complexity index is 536. The second-order valence-electron chi connectivity index (χ2n) is 4.51. The van der Waals surface area contributed by atoms with Crippen molar-refractivity contribution < 1.29 is 0 Å². The third-order valence-electron chi connectivity index (χ3n) is 3.36. The van der Waals surface area contributed by atoms with Crippen molar-refractivity contribution in [2.45, 2.75) is 19.5 Å². The van der Waals surface area contributed by atoms with E-state index in [1.54, 1.807) is 6.20 Å². The topological polar surface area (TPSA) is 55.0 Å². The molecule has 4 nitrogen and oxygen atoms in total. The van der Waals surface area contributed by atoms with Crippen LogP contribution in [-0.4, -0.2) is 16.5 Å². The van der Waals surface area contributed by atoms with Gasteiger partial charge in [-0.15, -0.1) is 0 Å². The first kappa shape index (κ1) is 11.2. The normalized spacial score (nSPS) is 14.4. The summed E-state index contributed by atoms with van der Waals surface area (Å²) < 4.78 is 0. The Morgan fingerprint density at radius 2 is 1.94 bits per heavy atom. The van der Waals surface area contributed by atoms with Gasteiger partial charge in [0.1, 0.15) is 5.82 Å². The van der Waals surface area contributed by atoms with E-state index in [0.717, 1.165) is 31.0 Å². The summed E-state index contributed by atoms with van der Waals surface area (Å²) in [4.78, 5) is 11.0. The highest BCUT2D eigenvalue weighted by Crippen LogP contribution is 2.22. The second kappa shape index (κ2) is 4.74. The molecule has 1 aromatic carbocycles. The average Bonchev–Trinajstić information content (AvgIpc) is 2.47. The smallest absolute Gasteiger partial charge is 0.147 e. The Balaban J connectivity index is 1.82. The minimum Gasteiger partial charge on any atom is -0.351 e. The largest absolute Gasteiger partial charge is 0.351 e. The van der Waals surface area contributed by atoms with Gasteiger partial charge in [0.05, 0.1) is 18.1 Å². The highest BCUT2D eigenvalue weighted by atomic mass is 15.2. The fourth-order valence-corrected chi connectivity index (χ4v) is 2.31. The van der Waals surface area contributed by atoms with E-state index in [2.05, 4.69) is 39.1 Å². The first-order chi connectivity index (χ1) is 8.86. The molecule has 1 aliphatic heterocycles. The van der Waals surface area contributed by atoms with Gasteiger partial charge in [-0.1, -0.05) is 24.3 Å². The van der Waals surface area contributed by atoms with Crippen LogP contribution in [0.3, 0.4) is 0 Å². The minimum atomic E-state index is 0.441. The molecule has 0 atom stereocenters. The molecule has 3 rings (SSSR count). The Kier molecular flexibility index (Phi) is 2.94. The van der Waals surface area contributed by atoms with Crippen molar-refractivity contribution in [3.05, 3.63) is 53.5 Å². The van der Waals surface area contributed by atoms with Gasteiger partial charge in [0.15, 0.2) is 0 Å². The molecule has 0 saturated carbocycles. The highest BCUT2D eigenvalue weighted by molar-refractivity contribution is 5.42. The van der Waals surface area contributed by atoms with Crippen LogP contribution in [-0.2, 0) is 19.5 Å². The van der Waals surface area contributed by atoms with E-state index in [1.165, 1.54) is 11.1 Å². The first-order valence-corrected chi connectivity index (χ1v) is 6.19. The van der Waals surface area contributed by atoms with Crippen LogP contribution >= 0.6 is 0 Å². The molecule has 0 unspecified atom stereocenters. The maximum atomic E-state index is 5.53. The number of rotatable bonds is 2. The lowest BCUT2D eigenvalue weighted by atomic mass is 10.0. The summed E-state index contributed by atoms with van der Waals surface area (Å²) in [6.07, 6.45) is 4.64. The average molecular weight is 240 g/mol. The molecular formula is C14H16N4. The zero-order valence-electron chi connectivity index (χ0n) is 10.2. The van der Waals surface area contributed by atoms with Crippen LogP contribution in [0.25, 0.3) is 0 Å². The maximum absolute atomic E-state index is 5.53. The summed E-state index contributed by atoms with van der Waals surface area (Å²) in [5.41, 5.74) is 9.18. The van der Waals surface area contributed by atoms with Crippen LogP contribution in [0, 0.1) is 0 Å². The first-order valence-electron chi connectivity index (χ1n) is 6.19. The quantitative estimate of drug-likeness (QED) is 0.864. The molecule has 0 fully saturated rings. The highest BCUT2D eigenvalue weighted by Gasteiger charge is 2.16. The van der Waals surface area contributed by atoms with E-state index >= 15 is 0 Å². The number of hydrogen-bond donors (Lipinski definition) is 1. The van der Waals surface area contributed by atoms with Crippen LogP contribution in [0.15, 0.2) is 36.7 Å². The molecule has 1 aliphatic rings. The molecule has 1 aromatic heterocycles. The van der Waals surface area contributed by atoms with Gasteiger partial charge in [-0.2, -0.15) is 0 Å². The van der Waals surface area contributed by atoms with Gasteiger partial charge in [0.2, 0.25) is 0 Å². The van der Waals surface area contributed by atoms with Crippen LogP contribution in [0.5, 0.6) is 0 Å². The third-order valence-corrected chi connectivity index (χ3v) is 3.36. The van der Waals surface area contributed by atoms with E-state index in [1.807, 2.05) is 6.20 Å². The molecule has 2 heterocycles. The van der Waals surface area contributed by atoms with Crippen LogP contribution in [0.1, 0.15) is 16.8 Å². The van der Waals surface area contributed by atoms with Crippen molar-refractivity contribution in [1.82, 2.24) is 9.97 Å². The fraction of sp³-hybridized carbons (Fsp3) is 0.286. The number of nitrogens with two attached hydrogens (primary N) is 1. The number of aromatic nitrogens is 2. The zero-order chi connectivity index (χ0) is 12.4. The van der Waals surface area contributed by atoms with E-state index in [-0.39, 0.29) is 0 Å². The maximum Gasteiger partial charge on any atom is 0.147 e. The van der Waals surface area contributed by atoms with Crippen LogP contribution in [0.2, 0.25) is 0 Å². The van der Waals surface area contributed by atoms with Crippen LogP contribution < -0.4 is 10.6 Å². The predicted molar refractivity (Wildman–Crippen MR) is 71.1 cm³/mol. The zero-order valence-corrected chi connectivity index (χ0v) is 10.2. The summed E-state index contributed by atoms with van der Waals surface area (Å²) in [5.74, 6) is 0.932. The molecule has 0 bridgehead atoms. The summed E-state index contributed by atoms with van der Waals surface area (Å²) >= 11 is 0. The molecule has 2 aromatic rings. The Hall–Kier alpha value is -1.94. The molecule has 0 aliphatic carbocycles. The number of fused-ring (bicyclic) bond motifs is 1. The molecule has 0 saturated heterocycles. The molecule has 0 spiro atoms. The van der Waals surface area contributed by atoms with E-state index in [4.69, 9.17) is 5.73 Å². The van der Waals surface area contributed by atoms with Crippen LogP contribution in [0.4, 0.5) is 5.82 Å². The molecule has 4 heteroatoms. The number of hydrogen-bond acceptors (Lipinski definition) is 4. The molecular weight excluding hydrogens is 224 g/mol. The SMILES string of the molecule is NCc1cnc(N2CCc3ccccc3C2)cn1. The van der Waals surface area contributed by atoms with Gasteiger partial charge in [0, 0.05) is 19.6 Å². The third kappa shape index (κ3) is 2.07. The molecule has 18 heavy (non-hydrogen) atoms. The number of anilines is 1. The van der Waals surface area contributed by atoms with E-state index < -0.39 is 0 Å². The molecule has 92 valence electrons. The minimum absolute atomic E-state index is 0.441. The predicted octanol–water partition coefficient (Wildman–Crippen LogP) is 1.50. The summed E-state index contributed by atoms with van der Waals surface area (Å²) in [6, 6.07) is 8.58. The van der Waals surface area contributed by atoms with E-state index in [9.17, 15) is 0 Å². The van der Waals surface area contributed by atoms with Gasteiger partial charge < -0.3 is 10.6 Å². The van der Waals surface area contributed by atoms with Gasteiger partial charge in [-0.05, 0) is 17.5 Å². The van der Waals surface area contributed by atoms with Crippen molar-refractivity contribution in [3.63, 3.8) is 0 Å². The van der Waals surface area contributed by atoms with E-state index in [0.29, 0.717) is 6.54 Å². The summed E-state index contributed by atoms with van der Waals surface area (Å²) in [5, 5.41) is 0. The van der Waals surface area contributed by atoms with Gasteiger partial charge >= 0.3 is 0 Å². The van der Waals surface area contributed by atoms with Gasteiger partial charge in [-0.3, -0.25) is 4.98 Å². The van der Waals surface area contributed by atoms with Gasteiger partial charge in [0.25, 0.3) is 0 Å². The summed E-state index contributed by atoms with van der Waals surface area (Å²) in [6.45, 7) is 2.34. The monoisotopic (exact) mass is 240 g/mol. The number of nitrogens with zero attached hydrogens (tertiary/aromatic N) is 3. The van der Waals surface area contributed by atoms with Crippen molar-refractivity contribution in [3.8, 4) is 0 Å². The van der Waals surface area contributed by atoms with Gasteiger partial charge in [-0.25, -0.2) is 4.98 Å². The summed E-state index contributed by atoms with van der Waals surface area (Å²) in [7, 11) is 0. The fourth-order valence-electron chi connectivity index (χ4n) is 2.31. The lowest BCUT2D eigenvalue weighted by molar-refractivity contribution is 0.716. The van der Waals surface area contributed by atoms with Crippen molar-refractivity contribution in [2.24, 2.45) is 5.73 Å². The molecule has 0 amide bonds. The van der Waals surface area contributed by atoms with Crippen molar-refractivity contribution in [1.29, 1.82) is 0 Å². The molecule has 2 N–H and O–H groups in total. The second-order valence-corrected chi connectivity index (χ2v) is 4.51. The Morgan fingerprint density at radius 3 is 2.67 bits per heavy atom. The van der Waals surface area contributed by atoms with Crippen molar-refractivity contribution >= 4 is 5.82 Å². The lowest BCUT2D eigenvalue weighted by Crippen LogP contribution is -2.31. The lowest BCUT2D eigenvalue weighted by Gasteiger charge is -2.29. The standard InChI is InChI=1S/C14H16N4/c15-7-13-8-17-14(9-16-13)18-6-5-11-3-1-2-4-12(11)10-18/h1-4,8-9H,5-7,10,15H2. The Labute approximate surface area is 106 Å². The Morgan fingerprint density at radius 1 is 1.11 bits per heavy atom. The molecule has 0 radical (unpaired) electrons. The number of benzene rings is 1. The van der Waals surface area contributed by atoms with Crippen molar-refractivity contribution in [2.75, 3.05) is 11.4 Å².